The predicted molar refractivity (Wildman–Crippen MR) is 88.2 cm³/mol. The zero-order valence-electron chi connectivity index (χ0n) is 13.0. The molecule has 2 N–H and O–H groups in total. The Bertz CT molecular complexity index is 857. The molecule has 10 heteroatoms. The fraction of sp³-hybridized carbons (Fsp3) is 0.500. The summed E-state index contributed by atoms with van der Waals surface area (Å²) in [7, 11) is -7.00. The quantitative estimate of drug-likeness (QED) is 0.777. The van der Waals surface area contributed by atoms with Crippen molar-refractivity contribution < 1.29 is 26.4 Å². The Labute approximate surface area is 146 Å². The molecule has 0 aliphatic heterocycles. The molecular formula is C14H18ClNO6S2. The Kier molecular flexibility index (Phi) is 5.58. The van der Waals surface area contributed by atoms with E-state index in [1.54, 1.807) is 0 Å². The third kappa shape index (κ3) is 3.74. The van der Waals surface area contributed by atoms with Gasteiger partial charge in [-0.25, -0.2) is 26.8 Å². The van der Waals surface area contributed by atoms with Gasteiger partial charge in [0.05, 0.1) is 27.8 Å². The van der Waals surface area contributed by atoms with Gasteiger partial charge in [-0.15, -0.1) is 0 Å². The SMILES string of the molecule is COC(=O)c1cc(S(N)(=O)=O)c(Cl)cc1S(=O)(=O)C1CCCCC1. The molecule has 0 atom stereocenters. The maximum Gasteiger partial charge on any atom is 0.339 e. The summed E-state index contributed by atoms with van der Waals surface area (Å²) >= 11 is 5.90. The van der Waals surface area contributed by atoms with Crippen LogP contribution in [0.15, 0.2) is 21.9 Å². The van der Waals surface area contributed by atoms with E-state index in [2.05, 4.69) is 4.74 Å². The number of sulfone groups is 1. The summed E-state index contributed by atoms with van der Waals surface area (Å²) in [5.41, 5.74) is -0.378. The standard InChI is InChI=1S/C14H18ClNO6S2/c1-22-14(17)10-7-13(24(16,20)21)11(15)8-12(10)23(18,19)9-5-3-2-4-6-9/h7-9H,2-6H2,1H3,(H2,16,20,21). The van der Waals surface area contributed by atoms with Crippen molar-refractivity contribution in [1.29, 1.82) is 0 Å². The van der Waals surface area contributed by atoms with Crippen LogP contribution in [0.4, 0.5) is 0 Å². The molecular weight excluding hydrogens is 378 g/mol. The lowest BCUT2D eigenvalue weighted by Gasteiger charge is -2.23. The van der Waals surface area contributed by atoms with Crippen LogP contribution in [0.1, 0.15) is 42.5 Å². The molecule has 134 valence electrons. The summed E-state index contributed by atoms with van der Waals surface area (Å²) in [6, 6.07) is 1.83. The second-order valence-corrected chi connectivity index (χ2v) is 9.75. The van der Waals surface area contributed by atoms with E-state index in [1.165, 1.54) is 0 Å². The number of nitrogens with two attached hydrogens (primary N) is 1. The van der Waals surface area contributed by atoms with Crippen LogP contribution >= 0.6 is 11.6 Å². The highest BCUT2D eigenvalue weighted by molar-refractivity contribution is 7.92. The maximum atomic E-state index is 12.9. The van der Waals surface area contributed by atoms with Gasteiger partial charge in [-0.3, -0.25) is 0 Å². The number of carbonyl (C=O) groups is 1. The van der Waals surface area contributed by atoms with Crippen LogP contribution < -0.4 is 5.14 Å². The van der Waals surface area contributed by atoms with Gasteiger partial charge in [0.25, 0.3) is 0 Å². The first kappa shape index (κ1) is 19.2. The summed E-state index contributed by atoms with van der Waals surface area (Å²) in [4.78, 5) is 11.1. The summed E-state index contributed by atoms with van der Waals surface area (Å²) in [6.45, 7) is 0. The Hall–Kier alpha value is -1.16. The molecule has 0 saturated heterocycles. The molecule has 0 heterocycles. The van der Waals surface area contributed by atoms with Crippen LogP contribution in [0.25, 0.3) is 0 Å². The smallest absolute Gasteiger partial charge is 0.339 e. The van der Waals surface area contributed by atoms with Crippen LogP contribution in [0, 0.1) is 0 Å². The van der Waals surface area contributed by atoms with Gasteiger partial charge in [-0.1, -0.05) is 30.9 Å². The van der Waals surface area contributed by atoms with Crippen LogP contribution in [0.3, 0.4) is 0 Å². The normalized spacial score (nSPS) is 16.8. The fourth-order valence-corrected chi connectivity index (χ4v) is 6.02. The molecule has 1 aromatic rings. The number of sulfonamides is 1. The van der Waals surface area contributed by atoms with Crippen molar-refractivity contribution in [3.8, 4) is 0 Å². The lowest BCUT2D eigenvalue weighted by atomic mass is 10.0. The van der Waals surface area contributed by atoms with Crippen molar-refractivity contribution in [2.24, 2.45) is 5.14 Å². The van der Waals surface area contributed by atoms with Crippen molar-refractivity contribution in [3.05, 3.63) is 22.7 Å². The fourth-order valence-electron chi connectivity index (χ4n) is 2.81. The molecule has 1 fully saturated rings. The Morgan fingerprint density at radius 1 is 1.12 bits per heavy atom. The lowest BCUT2D eigenvalue weighted by molar-refractivity contribution is 0.0596. The molecule has 0 aromatic heterocycles. The maximum absolute atomic E-state index is 12.9. The minimum Gasteiger partial charge on any atom is -0.465 e. The van der Waals surface area contributed by atoms with Crippen molar-refractivity contribution >= 4 is 37.4 Å². The van der Waals surface area contributed by atoms with Gasteiger partial charge in [0.2, 0.25) is 10.0 Å². The number of esters is 1. The highest BCUT2D eigenvalue weighted by Gasteiger charge is 2.34. The molecule has 0 bridgehead atoms. The molecule has 1 saturated carbocycles. The van der Waals surface area contributed by atoms with E-state index in [4.69, 9.17) is 16.7 Å². The average Bonchev–Trinajstić information content (AvgIpc) is 2.53. The van der Waals surface area contributed by atoms with E-state index in [-0.39, 0.29) is 15.5 Å². The zero-order chi connectivity index (χ0) is 18.1. The number of primary sulfonamides is 1. The minimum absolute atomic E-state index is 0.321. The van der Waals surface area contributed by atoms with Gasteiger partial charge in [0.15, 0.2) is 9.84 Å². The topological polar surface area (TPSA) is 121 Å². The Balaban J connectivity index is 2.68. The monoisotopic (exact) mass is 395 g/mol. The van der Waals surface area contributed by atoms with Gasteiger partial charge in [-0.2, -0.15) is 0 Å². The Morgan fingerprint density at radius 3 is 2.21 bits per heavy atom. The first-order chi connectivity index (χ1) is 11.1. The van der Waals surface area contributed by atoms with E-state index >= 15 is 0 Å². The lowest BCUT2D eigenvalue weighted by Crippen LogP contribution is -2.26. The molecule has 24 heavy (non-hydrogen) atoms. The van der Waals surface area contributed by atoms with E-state index in [1.807, 2.05) is 0 Å². The molecule has 0 spiro atoms. The predicted octanol–water partition coefficient (Wildman–Crippen LogP) is 1.88. The summed E-state index contributed by atoms with van der Waals surface area (Å²) < 4.78 is 53.5. The third-order valence-corrected chi connectivity index (χ3v) is 7.72. The van der Waals surface area contributed by atoms with Crippen LogP contribution in [0.5, 0.6) is 0 Å². The van der Waals surface area contributed by atoms with Gasteiger partial charge < -0.3 is 4.74 Å². The minimum atomic E-state index is -4.22. The molecule has 1 aliphatic carbocycles. The number of hydrogen-bond donors (Lipinski definition) is 1. The molecule has 0 radical (unpaired) electrons. The van der Waals surface area contributed by atoms with Crippen LogP contribution in [0.2, 0.25) is 5.02 Å². The second kappa shape index (κ2) is 6.99. The number of halogens is 1. The van der Waals surface area contributed by atoms with Gasteiger partial charge >= 0.3 is 5.97 Å². The largest absolute Gasteiger partial charge is 0.465 e. The number of hydrogen-bond acceptors (Lipinski definition) is 6. The first-order valence-electron chi connectivity index (χ1n) is 7.27. The van der Waals surface area contributed by atoms with E-state index in [0.717, 1.165) is 38.5 Å². The Morgan fingerprint density at radius 2 is 1.71 bits per heavy atom. The second-order valence-electron chi connectivity index (χ2n) is 5.62. The number of ether oxygens (including phenoxy) is 1. The first-order valence-corrected chi connectivity index (χ1v) is 10.7. The van der Waals surface area contributed by atoms with E-state index in [0.29, 0.717) is 12.8 Å². The number of benzene rings is 1. The zero-order valence-corrected chi connectivity index (χ0v) is 15.4. The van der Waals surface area contributed by atoms with Crippen molar-refractivity contribution in [2.75, 3.05) is 7.11 Å². The van der Waals surface area contributed by atoms with Gasteiger partial charge in [0, 0.05) is 0 Å². The van der Waals surface area contributed by atoms with E-state index in [9.17, 15) is 21.6 Å². The van der Waals surface area contributed by atoms with Crippen molar-refractivity contribution in [2.45, 2.75) is 47.1 Å². The molecule has 0 amide bonds. The summed E-state index contributed by atoms with van der Waals surface area (Å²) in [6.07, 6.45) is 3.48. The molecule has 1 aromatic carbocycles. The average molecular weight is 396 g/mol. The summed E-state index contributed by atoms with van der Waals surface area (Å²) in [5.74, 6) is -0.967. The highest BCUT2D eigenvalue weighted by Crippen LogP contribution is 2.34. The molecule has 2 rings (SSSR count). The van der Waals surface area contributed by atoms with Gasteiger partial charge in [0.1, 0.15) is 4.90 Å². The summed E-state index contributed by atoms with van der Waals surface area (Å²) in [5, 5.41) is 4.08. The number of rotatable bonds is 4. The number of carbonyl (C=O) groups excluding carboxylic acids is 1. The molecule has 0 unspecified atom stereocenters. The van der Waals surface area contributed by atoms with Crippen molar-refractivity contribution in [1.82, 2.24) is 0 Å². The van der Waals surface area contributed by atoms with E-state index < -0.39 is 36.0 Å². The van der Waals surface area contributed by atoms with Gasteiger partial charge in [-0.05, 0) is 25.0 Å². The molecule has 7 nitrogen and oxygen atoms in total. The van der Waals surface area contributed by atoms with Crippen LogP contribution in [-0.2, 0) is 24.6 Å². The van der Waals surface area contributed by atoms with Crippen LogP contribution in [-0.4, -0.2) is 35.2 Å². The highest BCUT2D eigenvalue weighted by atomic mass is 35.5. The third-order valence-electron chi connectivity index (χ3n) is 4.04. The molecule has 1 aliphatic rings. The van der Waals surface area contributed by atoms with Crippen molar-refractivity contribution in [3.63, 3.8) is 0 Å². The number of methoxy groups -OCH3 is 1.